The standard InChI is InChI=1S/C21H23ClN2O2/c22-18-12-10-17(11-13-18)21(26)24(19-8-2-1-3-9-19)15-5-14-23-20(25)16-6-4-7-16/h1-3,8-13,16H,4-7,14-15H2,(H,23,25). The lowest BCUT2D eigenvalue weighted by atomic mass is 9.85. The molecule has 2 aromatic carbocycles. The van der Waals surface area contributed by atoms with Crippen LogP contribution in [0.4, 0.5) is 5.69 Å². The fraction of sp³-hybridized carbons (Fsp3) is 0.333. The lowest BCUT2D eigenvalue weighted by molar-refractivity contribution is -0.127. The van der Waals surface area contributed by atoms with Gasteiger partial charge >= 0.3 is 0 Å². The summed E-state index contributed by atoms with van der Waals surface area (Å²) in [4.78, 5) is 26.6. The summed E-state index contributed by atoms with van der Waals surface area (Å²) in [6.45, 7) is 1.11. The van der Waals surface area contributed by atoms with Gasteiger partial charge < -0.3 is 10.2 Å². The Balaban J connectivity index is 1.62. The topological polar surface area (TPSA) is 49.4 Å². The molecule has 0 spiro atoms. The second-order valence-electron chi connectivity index (χ2n) is 6.57. The number of hydrogen-bond acceptors (Lipinski definition) is 2. The van der Waals surface area contributed by atoms with E-state index in [1.54, 1.807) is 29.2 Å². The molecular weight excluding hydrogens is 348 g/mol. The van der Waals surface area contributed by atoms with Gasteiger partial charge in [0.2, 0.25) is 5.91 Å². The maximum Gasteiger partial charge on any atom is 0.258 e. The molecule has 1 aliphatic rings. The number of nitrogens with one attached hydrogen (secondary N) is 1. The van der Waals surface area contributed by atoms with Crippen molar-refractivity contribution in [2.45, 2.75) is 25.7 Å². The minimum absolute atomic E-state index is 0.0711. The molecule has 0 bridgehead atoms. The molecule has 136 valence electrons. The third-order valence-corrected chi connectivity index (χ3v) is 4.99. The quantitative estimate of drug-likeness (QED) is 0.739. The SMILES string of the molecule is O=C(NCCCN(C(=O)c1ccc(Cl)cc1)c1ccccc1)C1CCC1. The van der Waals surface area contributed by atoms with E-state index in [1.165, 1.54) is 0 Å². The minimum Gasteiger partial charge on any atom is -0.356 e. The number of nitrogens with zero attached hydrogens (tertiary/aromatic N) is 1. The van der Waals surface area contributed by atoms with Crippen LogP contribution in [-0.2, 0) is 4.79 Å². The molecule has 0 atom stereocenters. The van der Waals surface area contributed by atoms with Crippen molar-refractivity contribution in [2.24, 2.45) is 5.92 Å². The molecule has 1 saturated carbocycles. The molecule has 3 rings (SSSR count). The molecule has 2 aromatic rings. The zero-order valence-electron chi connectivity index (χ0n) is 14.7. The molecule has 0 saturated heterocycles. The normalized spacial score (nSPS) is 13.7. The van der Waals surface area contributed by atoms with E-state index in [1.807, 2.05) is 30.3 Å². The van der Waals surface area contributed by atoms with Crippen molar-refractivity contribution in [1.29, 1.82) is 0 Å². The Morgan fingerprint density at radius 1 is 1.04 bits per heavy atom. The van der Waals surface area contributed by atoms with E-state index in [0.717, 1.165) is 24.9 Å². The van der Waals surface area contributed by atoms with Crippen LogP contribution < -0.4 is 10.2 Å². The number of amides is 2. The van der Waals surface area contributed by atoms with Gasteiger partial charge in [0, 0.05) is 35.3 Å². The van der Waals surface area contributed by atoms with Crippen LogP contribution in [0.3, 0.4) is 0 Å². The molecule has 0 aromatic heterocycles. The largest absolute Gasteiger partial charge is 0.356 e. The van der Waals surface area contributed by atoms with E-state index in [4.69, 9.17) is 11.6 Å². The molecule has 1 fully saturated rings. The summed E-state index contributed by atoms with van der Waals surface area (Å²) in [5, 5.41) is 3.59. The summed E-state index contributed by atoms with van der Waals surface area (Å²) < 4.78 is 0. The van der Waals surface area contributed by atoms with E-state index in [-0.39, 0.29) is 17.7 Å². The van der Waals surface area contributed by atoms with Gasteiger partial charge in [-0.2, -0.15) is 0 Å². The Morgan fingerprint density at radius 3 is 2.35 bits per heavy atom. The predicted octanol–water partition coefficient (Wildman–Crippen LogP) is 4.29. The summed E-state index contributed by atoms with van der Waals surface area (Å²) in [5.74, 6) is 0.264. The monoisotopic (exact) mass is 370 g/mol. The van der Waals surface area contributed by atoms with Gasteiger partial charge in [0.1, 0.15) is 0 Å². The van der Waals surface area contributed by atoms with Crippen LogP contribution in [0.5, 0.6) is 0 Å². The molecule has 1 aliphatic carbocycles. The van der Waals surface area contributed by atoms with E-state index < -0.39 is 0 Å². The summed E-state index contributed by atoms with van der Waals surface area (Å²) in [5.41, 5.74) is 1.44. The van der Waals surface area contributed by atoms with Gasteiger partial charge in [-0.15, -0.1) is 0 Å². The van der Waals surface area contributed by atoms with Crippen molar-refractivity contribution in [3.05, 3.63) is 65.2 Å². The average Bonchev–Trinajstić information content (AvgIpc) is 2.61. The van der Waals surface area contributed by atoms with Gasteiger partial charge in [-0.25, -0.2) is 0 Å². The second-order valence-corrected chi connectivity index (χ2v) is 7.01. The van der Waals surface area contributed by atoms with Crippen LogP contribution in [0.1, 0.15) is 36.0 Å². The number of carbonyl (C=O) groups excluding carboxylic acids is 2. The first-order chi connectivity index (χ1) is 12.6. The number of benzene rings is 2. The molecule has 2 amide bonds. The molecule has 26 heavy (non-hydrogen) atoms. The van der Waals surface area contributed by atoms with Gasteiger partial charge in [0.05, 0.1) is 0 Å². The Kier molecular flexibility index (Phi) is 6.29. The van der Waals surface area contributed by atoms with Gasteiger partial charge in [-0.05, 0) is 55.7 Å². The average molecular weight is 371 g/mol. The predicted molar refractivity (Wildman–Crippen MR) is 105 cm³/mol. The number of carbonyl (C=O) groups is 2. The highest BCUT2D eigenvalue weighted by atomic mass is 35.5. The van der Waals surface area contributed by atoms with E-state index in [9.17, 15) is 9.59 Å². The first-order valence-electron chi connectivity index (χ1n) is 9.05. The summed E-state index contributed by atoms with van der Waals surface area (Å²) >= 11 is 5.92. The zero-order valence-corrected chi connectivity index (χ0v) is 15.4. The molecule has 4 nitrogen and oxygen atoms in total. The highest BCUT2D eigenvalue weighted by Gasteiger charge is 2.24. The van der Waals surface area contributed by atoms with Crippen LogP contribution in [0.15, 0.2) is 54.6 Å². The highest BCUT2D eigenvalue weighted by Crippen LogP contribution is 2.26. The van der Waals surface area contributed by atoms with Gasteiger partial charge in [-0.3, -0.25) is 9.59 Å². The number of hydrogen-bond donors (Lipinski definition) is 1. The number of rotatable bonds is 7. The first kappa shape index (κ1) is 18.5. The fourth-order valence-electron chi connectivity index (χ4n) is 2.97. The van der Waals surface area contributed by atoms with Crippen molar-refractivity contribution in [3.8, 4) is 0 Å². The van der Waals surface area contributed by atoms with Gasteiger partial charge in [-0.1, -0.05) is 36.2 Å². The fourth-order valence-corrected chi connectivity index (χ4v) is 3.09. The zero-order chi connectivity index (χ0) is 18.4. The van der Waals surface area contributed by atoms with Crippen molar-refractivity contribution in [1.82, 2.24) is 5.32 Å². The van der Waals surface area contributed by atoms with Crippen LogP contribution in [0.2, 0.25) is 5.02 Å². The van der Waals surface area contributed by atoms with Crippen molar-refractivity contribution < 1.29 is 9.59 Å². The minimum atomic E-state index is -0.0711. The Hall–Kier alpha value is -2.33. The molecule has 0 unspecified atom stereocenters. The van der Waals surface area contributed by atoms with Crippen molar-refractivity contribution in [2.75, 3.05) is 18.0 Å². The van der Waals surface area contributed by atoms with Gasteiger partial charge in [0.15, 0.2) is 0 Å². The van der Waals surface area contributed by atoms with E-state index in [2.05, 4.69) is 5.32 Å². The number of para-hydroxylation sites is 1. The lowest BCUT2D eigenvalue weighted by Gasteiger charge is -2.25. The summed E-state index contributed by atoms with van der Waals surface area (Å²) in [6, 6.07) is 16.5. The van der Waals surface area contributed by atoms with Crippen LogP contribution in [0.25, 0.3) is 0 Å². The van der Waals surface area contributed by atoms with Crippen molar-refractivity contribution in [3.63, 3.8) is 0 Å². The van der Waals surface area contributed by atoms with Crippen molar-refractivity contribution >= 4 is 29.1 Å². The molecule has 1 N–H and O–H groups in total. The Bertz CT molecular complexity index is 742. The van der Waals surface area contributed by atoms with Crippen LogP contribution >= 0.6 is 11.6 Å². The third-order valence-electron chi connectivity index (χ3n) is 4.74. The highest BCUT2D eigenvalue weighted by molar-refractivity contribution is 6.30. The first-order valence-corrected chi connectivity index (χ1v) is 9.43. The smallest absolute Gasteiger partial charge is 0.258 e. The maximum absolute atomic E-state index is 12.9. The number of anilines is 1. The Labute approximate surface area is 159 Å². The maximum atomic E-state index is 12.9. The number of halogens is 1. The van der Waals surface area contributed by atoms with Gasteiger partial charge in [0.25, 0.3) is 5.91 Å². The second kappa shape index (κ2) is 8.86. The summed E-state index contributed by atoms with van der Waals surface area (Å²) in [6.07, 6.45) is 3.84. The van der Waals surface area contributed by atoms with E-state index >= 15 is 0 Å². The lowest BCUT2D eigenvalue weighted by Crippen LogP contribution is -2.37. The molecule has 0 radical (unpaired) electrons. The van der Waals surface area contributed by atoms with Crippen LogP contribution in [0, 0.1) is 5.92 Å². The Morgan fingerprint density at radius 2 is 1.73 bits per heavy atom. The summed E-state index contributed by atoms with van der Waals surface area (Å²) in [7, 11) is 0. The molecule has 5 heteroatoms. The van der Waals surface area contributed by atoms with Crippen LogP contribution in [-0.4, -0.2) is 24.9 Å². The third kappa shape index (κ3) is 4.64. The molecule has 0 heterocycles. The molecular formula is C21H23ClN2O2. The van der Waals surface area contributed by atoms with E-state index in [0.29, 0.717) is 30.1 Å². The molecule has 0 aliphatic heterocycles.